The lowest BCUT2D eigenvalue weighted by molar-refractivity contribution is -0.384. The number of aromatic nitrogens is 1. The maximum atomic E-state index is 14.2. The predicted octanol–water partition coefficient (Wildman–Crippen LogP) is 5.79. The lowest BCUT2D eigenvalue weighted by Crippen LogP contribution is -2.26. The van der Waals surface area contributed by atoms with Gasteiger partial charge in [-0.1, -0.05) is 49.4 Å². The molecule has 0 fully saturated rings. The number of carbonyl (C=O) groups is 1. The fourth-order valence-corrected chi connectivity index (χ4v) is 4.27. The fraction of sp³-hybridized carbons (Fsp3) is 0.222. The number of nitro benzene ring substituents is 1. The standard InChI is InChI=1S/C27H26FN3O3/c1-2-13-29-27(32)16-23(20-9-6-10-21(28)14-20)25-18-30(17-19-7-4-3-5-8-19)26-12-11-22(31(33)34)15-24(25)26/h3-12,14-15,18,23H,2,13,16-17H2,1H3,(H,29,32)/t23-/m1/s1. The van der Waals surface area contributed by atoms with Crippen LogP contribution in [0.25, 0.3) is 10.9 Å². The van der Waals surface area contributed by atoms with E-state index in [4.69, 9.17) is 0 Å². The largest absolute Gasteiger partial charge is 0.356 e. The Balaban J connectivity index is 1.86. The molecule has 4 rings (SSSR count). The van der Waals surface area contributed by atoms with Crippen LogP contribution in [0.2, 0.25) is 0 Å². The number of amides is 1. The number of nitro groups is 1. The van der Waals surface area contributed by atoms with Crippen LogP contribution in [-0.2, 0) is 11.3 Å². The molecule has 1 amide bonds. The van der Waals surface area contributed by atoms with E-state index >= 15 is 0 Å². The topological polar surface area (TPSA) is 77.2 Å². The first-order valence-corrected chi connectivity index (χ1v) is 11.3. The van der Waals surface area contributed by atoms with Crippen LogP contribution in [0.15, 0.2) is 79.0 Å². The highest BCUT2D eigenvalue weighted by atomic mass is 19.1. The Morgan fingerprint density at radius 1 is 1.09 bits per heavy atom. The number of halogens is 1. The van der Waals surface area contributed by atoms with E-state index in [1.54, 1.807) is 24.3 Å². The van der Waals surface area contributed by atoms with E-state index in [1.165, 1.54) is 18.2 Å². The van der Waals surface area contributed by atoms with Crippen LogP contribution in [-0.4, -0.2) is 21.9 Å². The highest BCUT2D eigenvalue weighted by Gasteiger charge is 2.24. The number of nitrogens with one attached hydrogen (secondary N) is 1. The summed E-state index contributed by atoms with van der Waals surface area (Å²) in [5, 5.41) is 15.1. The summed E-state index contributed by atoms with van der Waals surface area (Å²) in [4.78, 5) is 23.8. The van der Waals surface area contributed by atoms with Crippen molar-refractivity contribution >= 4 is 22.5 Å². The second-order valence-electron chi connectivity index (χ2n) is 8.32. The first-order chi connectivity index (χ1) is 16.5. The third kappa shape index (κ3) is 5.14. The zero-order valence-electron chi connectivity index (χ0n) is 18.9. The Bertz CT molecular complexity index is 1320. The Kier molecular flexibility index (Phi) is 7.01. The van der Waals surface area contributed by atoms with Gasteiger partial charge in [-0.25, -0.2) is 4.39 Å². The maximum absolute atomic E-state index is 14.2. The average molecular weight is 460 g/mol. The fourth-order valence-electron chi connectivity index (χ4n) is 4.27. The number of non-ortho nitro benzene ring substituents is 1. The number of hydrogen-bond donors (Lipinski definition) is 1. The van der Waals surface area contributed by atoms with E-state index in [2.05, 4.69) is 5.32 Å². The van der Waals surface area contributed by atoms with Gasteiger partial charge in [0.15, 0.2) is 0 Å². The number of fused-ring (bicyclic) bond motifs is 1. The van der Waals surface area contributed by atoms with Crippen LogP contribution in [0.3, 0.4) is 0 Å². The lowest BCUT2D eigenvalue weighted by Gasteiger charge is -2.17. The third-order valence-electron chi connectivity index (χ3n) is 5.89. The van der Waals surface area contributed by atoms with Crippen molar-refractivity contribution < 1.29 is 14.1 Å². The van der Waals surface area contributed by atoms with Crippen LogP contribution in [0.1, 0.15) is 42.4 Å². The Morgan fingerprint density at radius 3 is 2.59 bits per heavy atom. The summed E-state index contributed by atoms with van der Waals surface area (Å²) in [6, 6.07) is 20.9. The second-order valence-corrected chi connectivity index (χ2v) is 8.32. The van der Waals surface area contributed by atoms with Gasteiger partial charge in [-0.2, -0.15) is 0 Å². The molecule has 6 nitrogen and oxygen atoms in total. The van der Waals surface area contributed by atoms with Crippen LogP contribution in [0, 0.1) is 15.9 Å². The van der Waals surface area contributed by atoms with E-state index in [0.29, 0.717) is 24.0 Å². The minimum Gasteiger partial charge on any atom is -0.356 e. The van der Waals surface area contributed by atoms with Gasteiger partial charge in [0.2, 0.25) is 5.91 Å². The molecule has 0 unspecified atom stereocenters. The summed E-state index contributed by atoms with van der Waals surface area (Å²) >= 11 is 0. The summed E-state index contributed by atoms with van der Waals surface area (Å²) in [6.07, 6.45) is 2.85. The summed E-state index contributed by atoms with van der Waals surface area (Å²) in [7, 11) is 0. The van der Waals surface area contributed by atoms with Gasteiger partial charge in [0.05, 0.1) is 4.92 Å². The minimum atomic E-state index is -0.464. The molecule has 0 bridgehead atoms. The first-order valence-electron chi connectivity index (χ1n) is 11.3. The van der Waals surface area contributed by atoms with Crippen molar-refractivity contribution in [3.63, 3.8) is 0 Å². The van der Waals surface area contributed by atoms with Crippen molar-refractivity contribution in [2.75, 3.05) is 6.54 Å². The molecular weight excluding hydrogens is 433 g/mol. The van der Waals surface area contributed by atoms with E-state index in [-0.39, 0.29) is 18.0 Å². The monoisotopic (exact) mass is 459 g/mol. The van der Waals surface area contributed by atoms with Crippen molar-refractivity contribution in [2.24, 2.45) is 0 Å². The zero-order valence-corrected chi connectivity index (χ0v) is 18.9. The molecule has 0 saturated heterocycles. The molecular formula is C27H26FN3O3. The van der Waals surface area contributed by atoms with Crippen molar-refractivity contribution in [3.8, 4) is 0 Å². The van der Waals surface area contributed by atoms with Gasteiger partial charge >= 0.3 is 0 Å². The van der Waals surface area contributed by atoms with E-state index < -0.39 is 16.7 Å². The molecule has 0 saturated carbocycles. The van der Waals surface area contributed by atoms with Gasteiger partial charge in [-0.3, -0.25) is 14.9 Å². The molecule has 4 aromatic rings. The summed E-state index contributed by atoms with van der Waals surface area (Å²) in [5.41, 5.74) is 3.27. The normalized spacial score (nSPS) is 11.9. The minimum absolute atomic E-state index is 0.0281. The average Bonchev–Trinajstić information content (AvgIpc) is 3.19. The molecule has 0 radical (unpaired) electrons. The molecule has 34 heavy (non-hydrogen) atoms. The molecule has 0 spiro atoms. The molecule has 1 N–H and O–H groups in total. The molecule has 3 aromatic carbocycles. The number of benzene rings is 3. The number of rotatable bonds is 9. The van der Waals surface area contributed by atoms with E-state index in [0.717, 1.165) is 23.1 Å². The van der Waals surface area contributed by atoms with Crippen molar-refractivity contribution in [3.05, 3.63) is 112 Å². The predicted molar refractivity (Wildman–Crippen MR) is 130 cm³/mol. The quantitative estimate of drug-likeness (QED) is 0.254. The number of carbonyl (C=O) groups excluding carboxylic acids is 1. The summed E-state index contributed by atoms with van der Waals surface area (Å²) < 4.78 is 16.2. The van der Waals surface area contributed by atoms with Crippen molar-refractivity contribution in [2.45, 2.75) is 32.2 Å². The molecule has 0 aliphatic heterocycles. The van der Waals surface area contributed by atoms with E-state index in [9.17, 15) is 19.3 Å². The van der Waals surface area contributed by atoms with Crippen LogP contribution < -0.4 is 5.32 Å². The summed E-state index contributed by atoms with van der Waals surface area (Å²) in [5.74, 6) is -1.00. The van der Waals surface area contributed by atoms with Crippen LogP contribution >= 0.6 is 0 Å². The Hall–Kier alpha value is -4.00. The molecule has 0 aliphatic carbocycles. The van der Waals surface area contributed by atoms with Gasteiger partial charge < -0.3 is 9.88 Å². The molecule has 1 atom stereocenters. The smallest absolute Gasteiger partial charge is 0.270 e. The number of nitrogens with zero attached hydrogens (tertiary/aromatic N) is 2. The molecule has 0 aliphatic rings. The maximum Gasteiger partial charge on any atom is 0.270 e. The highest BCUT2D eigenvalue weighted by Crippen LogP contribution is 2.37. The van der Waals surface area contributed by atoms with Crippen molar-refractivity contribution in [1.82, 2.24) is 9.88 Å². The molecule has 1 heterocycles. The molecule has 7 heteroatoms. The highest BCUT2D eigenvalue weighted by molar-refractivity contribution is 5.88. The lowest BCUT2D eigenvalue weighted by atomic mass is 9.88. The van der Waals surface area contributed by atoms with Gasteiger partial charge in [-0.05, 0) is 41.3 Å². The van der Waals surface area contributed by atoms with Crippen LogP contribution in [0.4, 0.5) is 10.1 Å². The van der Waals surface area contributed by atoms with Crippen LogP contribution in [0.5, 0.6) is 0 Å². The Morgan fingerprint density at radius 2 is 1.88 bits per heavy atom. The van der Waals surface area contributed by atoms with Gasteiger partial charge in [0.25, 0.3) is 5.69 Å². The van der Waals surface area contributed by atoms with Crippen molar-refractivity contribution in [1.29, 1.82) is 0 Å². The second kappa shape index (κ2) is 10.3. The summed E-state index contributed by atoms with van der Waals surface area (Å²) in [6.45, 7) is 3.09. The molecule has 1 aromatic heterocycles. The van der Waals surface area contributed by atoms with E-state index in [1.807, 2.05) is 48.0 Å². The van der Waals surface area contributed by atoms with Gasteiger partial charge in [0, 0.05) is 54.7 Å². The van der Waals surface area contributed by atoms with Gasteiger partial charge in [-0.15, -0.1) is 0 Å². The molecule has 174 valence electrons. The third-order valence-corrected chi connectivity index (χ3v) is 5.89. The SMILES string of the molecule is CCCNC(=O)C[C@H](c1cccc(F)c1)c1cn(Cc2ccccc2)c2ccc([N+](=O)[O-])cc12. The first kappa shape index (κ1) is 23.2. The number of hydrogen-bond acceptors (Lipinski definition) is 3. The Labute approximate surface area is 197 Å². The zero-order chi connectivity index (χ0) is 24.1. The van der Waals surface area contributed by atoms with Gasteiger partial charge in [0.1, 0.15) is 5.82 Å².